The Labute approximate surface area is 148 Å². The largest absolute Gasteiger partial charge is 0.457 e. The minimum Gasteiger partial charge on any atom is -0.457 e. The average Bonchev–Trinajstić information content (AvgIpc) is 2.66. The minimum absolute atomic E-state index is 0.0552. The zero-order chi connectivity index (χ0) is 18.1. The number of nitrogens with zero attached hydrogens (tertiary/aromatic N) is 3. The van der Waals surface area contributed by atoms with E-state index in [1.165, 1.54) is 10.6 Å². The fourth-order valence-corrected chi connectivity index (χ4v) is 2.90. The molecule has 0 aliphatic heterocycles. The van der Waals surface area contributed by atoms with Crippen molar-refractivity contribution in [2.45, 2.75) is 13.5 Å². The Hall–Kier alpha value is -3.54. The number of hydrogen-bond donors (Lipinski definition) is 0. The number of ether oxygens (including phenoxy) is 1. The monoisotopic (exact) mass is 345 g/mol. The summed E-state index contributed by atoms with van der Waals surface area (Å²) in [5.74, 6) is -0.695. The summed E-state index contributed by atoms with van der Waals surface area (Å²) in [4.78, 5) is 33.5. The summed E-state index contributed by atoms with van der Waals surface area (Å²) in [6, 6.07) is 14.7. The molecule has 6 heteroatoms. The van der Waals surface area contributed by atoms with Gasteiger partial charge in [0.1, 0.15) is 17.8 Å². The van der Waals surface area contributed by atoms with Crippen molar-refractivity contribution in [2.75, 3.05) is 0 Å². The van der Waals surface area contributed by atoms with Crippen LogP contribution in [0.3, 0.4) is 0 Å². The molecule has 0 spiro atoms. The van der Waals surface area contributed by atoms with E-state index >= 15 is 0 Å². The molecule has 26 heavy (non-hydrogen) atoms. The average molecular weight is 345 g/mol. The lowest BCUT2D eigenvalue weighted by Gasteiger charge is -2.09. The van der Waals surface area contributed by atoms with Gasteiger partial charge in [-0.15, -0.1) is 0 Å². The Morgan fingerprint density at radius 1 is 1.15 bits per heavy atom. The number of aromatic nitrogens is 3. The molecule has 0 atom stereocenters. The van der Waals surface area contributed by atoms with Crippen LogP contribution in [0.15, 0.2) is 65.7 Å². The quantitative estimate of drug-likeness (QED) is 0.534. The normalized spacial score (nSPS) is 11.0. The molecule has 0 saturated heterocycles. The number of fused-ring (bicyclic) bond motifs is 2. The van der Waals surface area contributed by atoms with E-state index in [4.69, 9.17) is 4.74 Å². The lowest BCUT2D eigenvalue weighted by atomic mass is 10.1. The van der Waals surface area contributed by atoms with Crippen molar-refractivity contribution in [3.8, 4) is 0 Å². The molecule has 0 amide bonds. The molecule has 4 rings (SSSR count). The molecule has 0 unspecified atom stereocenters. The SMILES string of the molecule is Cc1cc(COC(=O)c2cnc3ccccn3c2=O)c2ccccc2n1. The topological polar surface area (TPSA) is 73.6 Å². The predicted octanol–water partition coefficient (Wildman–Crippen LogP) is 2.91. The second-order valence-corrected chi connectivity index (χ2v) is 5.92. The van der Waals surface area contributed by atoms with E-state index in [0.717, 1.165) is 22.2 Å². The van der Waals surface area contributed by atoms with Crippen LogP contribution in [0.4, 0.5) is 0 Å². The summed E-state index contributed by atoms with van der Waals surface area (Å²) in [5.41, 5.74) is 2.45. The van der Waals surface area contributed by atoms with Gasteiger partial charge in [-0.3, -0.25) is 14.2 Å². The van der Waals surface area contributed by atoms with Gasteiger partial charge < -0.3 is 4.74 Å². The van der Waals surface area contributed by atoms with Crippen LogP contribution in [0.1, 0.15) is 21.6 Å². The number of aryl methyl sites for hydroxylation is 1. The van der Waals surface area contributed by atoms with E-state index in [0.29, 0.717) is 5.65 Å². The van der Waals surface area contributed by atoms with Crippen LogP contribution in [0.2, 0.25) is 0 Å². The van der Waals surface area contributed by atoms with Gasteiger partial charge in [0.2, 0.25) is 0 Å². The van der Waals surface area contributed by atoms with Gasteiger partial charge in [-0.2, -0.15) is 0 Å². The zero-order valence-electron chi connectivity index (χ0n) is 14.0. The molecular weight excluding hydrogens is 330 g/mol. The molecule has 6 nitrogen and oxygen atoms in total. The summed E-state index contributed by atoms with van der Waals surface area (Å²) in [6.07, 6.45) is 2.83. The number of hydrogen-bond acceptors (Lipinski definition) is 5. The molecule has 0 saturated carbocycles. The lowest BCUT2D eigenvalue weighted by Crippen LogP contribution is -2.24. The lowest BCUT2D eigenvalue weighted by molar-refractivity contribution is 0.0471. The van der Waals surface area contributed by atoms with Crippen LogP contribution < -0.4 is 5.56 Å². The van der Waals surface area contributed by atoms with Gasteiger partial charge in [0.25, 0.3) is 5.56 Å². The van der Waals surface area contributed by atoms with Crippen molar-refractivity contribution in [2.24, 2.45) is 0 Å². The molecular formula is C20H15N3O3. The third-order valence-corrected chi connectivity index (χ3v) is 4.12. The molecule has 0 radical (unpaired) electrons. The van der Waals surface area contributed by atoms with E-state index in [1.807, 2.05) is 37.3 Å². The van der Waals surface area contributed by atoms with Crippen LogP contribution in [0, 0.1) is 6.92 Å². The molecule has 3 aromatic heterocycles. The Morgan fingerprint density at radius 3 is 2.85 bits per heavy atom. The molecule has 128 valence electrons. The Balaban J connectivity index is 1.64. The summed E-state index contributed by atoms with van der Waals surface area (Å²) < 4.78 is 6.71. The highest BCUT2D eigenvalue weighted by Gasteiger charge is 2.15. The Morgan fingerprint density at radius 2 is 1.96 bits per heavy atom. The Bertz CT molecular complexity index is 1200. The van der Waals surface area contributed by atoms with Crippen LogP contribution in [0.5, 0.6) is 0 Å². The summed E-state index contributed by atoms with van der Waals surface area (Å²) in [6.45, 7) is 1.94. The number of esters is 1. The highest BCUT2D eigenvalue weighted by Crippen LogP contribution is 2.19. The zero-order valence-corrected chi connectivity index (χ0v) is 14.0. The molecule has 0 fully saturated rings. The van der Waals surface area contributed by atoms with Crippen LogP contribution in [-0.4, -0.2) is 20.3 Å². The van der Waals surface area contributed by atoms with Gasteiger partial charge in [-0.05, 0) is 31.2 Å². The molecule has 0 bridgehead atoms. The molecule has 3 heterocycles. The van der Waals surface area contributed by atoms with Gasteiger partial charge in [-0.25, -0.2) is 9.78 Å². The number of carbonyl (C=O) groups is 1. The highest BCUT2D eigenvalue weighted by molar-refractivity contribution is 5.89. The van der Waals surface area contributed by atoms with E-state index < -0.39 is 11.5 Å². The first kappa shape index (κ1) is 16.0. The smallest absolute Gasteiger partial charge is 0.345 e. The van der Waals surface area contributed by atoms with Crippen LogP contribution in [0.25, 0.3) is 16.6 Å². The molecule has 0 aliphatic rings. The van der Waals surface area contributed by atoms with Gasteiger partial charge in [-0.1, -0.05) is 24.3 Å². The first-order chi connectivity index (χ1) is 12.6. The maximum atomic E-state index is 12.5. The van der Waals surface area contributed by atoms with E-state index in [9.17, 15) is 9.59 Å². The van der Waals surface area contributed by atoms with E-state index in [-0.39, 0.29) is 12.2 Å². The van der Waals surface area contributed by atoms with Crippen molar-refractivity contribution < 1.29 is 9.53 Å². The maximum Gasteiger partial charge on any atom is 0.345 e. The van der Waals surface area contributed by atoms with E-state index in [2.05, 4.69) is 9.97 Å². The number of pyridine rings is 2. The van der Waals surface area contributed by atoms with Crippen LogP contribution in [-0.2, 0) is 11.3 Å². The number of carbonyl (C=O) groups excluding carboxylic acids is 1. The molecule has 4 aromatic rings. The van der Waals surface area contributed by atoms with Gasteiger partial charge in [0.15, 0.2) is 0 Å². The second kappa shape index (κ2) is 6.40. The van der Waals surface area contributed by atoms with Crippen molar-refractivity contribution >= 4 is 22.5 Å². The second-order valence-electron chi connectivity index (χ2n) is 5.92. The molecule has 0 aliphatic carbocycles. The standard InChI is InChI=1S/C20H15N3O3/c1-13-10-14(15-6-2-3-7-17(15)22-13)12-26-20(25)16-11-21-18-8-4-5-9-23(18)19(16)24/h2-11H,12H2,1H3. The summed E-state index contributed by atoms with van der Waals surface area (Å²) >= 11 is 0. The van der Waals surface area contributed by atoms with Crippen molar-refractivity contribution in [1.82, 2.24) is 14.4 Å². The Kier molecular flexibility index (Phi) is 3.93. The summed E-state index contributed by atoms with van der Waals surface area (Å²) in [7, 11) is 0. The van der Waals surface area contributed by atoms with Crippen molar-refractivity contribution in [3.63, 3.8) is 0 Å². The third kappa shape index (κ3) is 2.82. The first-order valence-corrected chi connectivity index (χ1v) is 8.12. The van der Waals surface area contributed by atoms with Crippen molar-refractivity contribution in [3.05, 3.63) is 88.1 Å². The number of para-hydroxylation sites is 1. The molecule has 0 N–H and O–H groups in total. The molecule has 1 aromatic carbocycles. The third-order valence-electron chi connectivity index (χ3n) is 4.12. The van der Waals surface area contributed by atoms with E-state index in [1.54, 1.807) is 24.4 Å². The summed E-state index contributed by atoms with van der Waals surface area (Å²) in [5, 5.41) is 0.916. The van der Waals surface area contributed by atoms with Gasteiger partial charge >= 0.3 is 5.97 Å². The van der Waals surface area contributed by atoms with Gasteiger partial charge in [0, 0.05) is 29.0 Å². The van der Waals surface area contributed by atoms with Crippen LogP contribution >= 0.6 is 0 Å². The fourth-order valence-electron chi connectivity index (χ4n) is 2.90. The predicted molar refractivity (Wildman–Crippen MR) is 97.1 cm³/mol. The van der Waals surface area contributed by atoms with Gasteiger partial charge in [0.05, 0.1) is 5.52 Å². The first-order valence-electron chi connectivity index (χ1n) is 8.12. The fraction of sp³-hybridized carbons (Fsp3) is 0.100. The highest BCUT2D eigenvalue weighted by atomic mass is 16.5. The van der Waals surface area contributed by atoms with Crippen molar-refractivity contribution in [1.29, 1.82) is 0 Å². The number of benzene rings is 1. The minimum atomic E-state index is -0.695. The number of rotatable bonds is 3. The maximum absolute atomic E-state index is 12.5.